The maximum atomic E-state index is 3.54. The molecule has 0 bridgehead atoms. The number of nitrogens with one attached hydrogen (secondary N) is 1. The van der Waals surface area contributed by atoms with Gasteiger partial charge in [-0.15, -0.1) is 0 Å². The molecule has 0 aromatic rings. The maximum absolute atomic E-state index is 3.54. The Balaban J connectivity index is 3.76. The number of rotatable bonds is 8. The highest BCUT2D eigenvalue weighted by Gasteiger charge is 2.09. The number of hydrogen-bond acceptors (Lipinski definition) is 3. The van der Waals surface area contributed by atoms with Crippen LogP contribution in [0.5, 0.6) is 0 Å². The molecule has 0 amide bonds. The highest BCUT2D eigenvalue weighted by atomic mass is 15.2. The van der Waals surface area contributed by atoms with Gasteiger partial charge in [0.2, 0.25) is 0 Å². The van der Waals surface area contributed by atoms with Crippen LogP contribution in [0.1, 0.15) is 34.1 Å². The summed E-state index contributed by atoms with van der Waals surface area (Å²) in [5.74, 6) is 0. The lowest BCUT2D eigenvalue weighted by atomic mass is 10.1. The van der Waals surface area contributed by atoms with Crippen molar-refractivity contribution in [2.75, 3.05) is 46.8 Å². The third-order valence-electron chi connectivity index (χ3n) is 2.49. The minimum absolute atomic E-state index is 0.236. The zero-order valence-electron chi connectivity index (χ0n) is 12.1. The topological polar surface area (TPSA) is 18.5 Å². The van der Waals surface area contributed by atoms with Gasteiger partial charge in [0, 0.05) is 31.7 Å². The SMILES string of the molecule is CCCN(CCNC(C)(C)C)CCN(C)C. The summed E-state index contributed by atoms with van der Waals surface area (Å²) < 4.78 is 0. The molecule has 0 aliphatic carbocycles. The van der Waals surface area contributed by atoms with Gasteiger partial charge in [0.05, 0.1) is 0 Å². The molecule has 0 aromatic carbocycles. The van der Waals surface area contributed by atoms with E-state index in [0.717, 1.165) is 19.6 Å². The van der Waals surface area contributed by atoms with Gasteiger partial charge >= 0.3 is 0 Å². The first kappa shape index (κ1) is 15.9. The monoisotopic (exact) mass is 229 g/mol. The third-order valence-corrected chi connectivity index (χ3v) is 2.49. The standard InChI is InChI=1S/C13H31N3/c1-7-9-16(12-11-15(5)6)10-8-14-13(2,3)4/h14H,7-12H2,1-6H3. The summed E-state index contributed by atoms with van der Waals surface area (Å²) in [5, 5.41) is 3.54. The summed E-state index contributed by atoms with van der Waals surface area (Å²) in [6.45, 7) is 14.7. The molecule has 0 aliphatic heterocycles. The lowest BCUT2D eigenvalue weighted by molar-refractivity contribution is 0.234. The van der Waals surface area contributed by atoms with Gasteiger partial charge in [0.15, 0.2) is 0 Å². The van der Waals surface area contributed by atoms with E-state index in [1.54, 1.807) is 0 Å². The summed E-state index contributed by atoms with van der Waals surface area (Å²) in [6.07, 6.45) is 1.24. The van der Waals surface area contributed by atoms with Crippen LogP contribution >= 0.6 is 0 Å². The van der Waals surface area contributed by atoms with Crippen LogP contribution in [0.3, 0.4) is 0 Å². The van der Waals surface area contributed by atoms with Crippen LogP contribution in [0, 0.1) is 0 Å². The molecule has 0 unspecified atom stereocenters. The number of hydrogen-bond donors (Lipinski definition) is 1. The zero-order valence-corrected chi connectivity index (χ0v) is 12.1. The van der Waals surface area contributed by atoms with Gasteiger partial charge in [0.25, 0.3) is 0 Å². The lowest BCUT2D eigenvalue weighted by Gasteiger charge is -2.26. The summed E-state index contributed by atoms with van der Waals surface area (Å²) in [4.78, 5) is 4.79. The van der Waals surface area contributed by atoms with E-state index in [4.69, 9.17) is 0 Å². The Morgan fingerprint density at radius 3 is 2.00 bits per heavy atom. The predicted molar refractivity (Wildman–Crippen MR) is 73.0 cm³/mol. The molecule has 0 radical (unpaired) electrons. The minimum atomic E-state index is 0.236. The maximum Gasteiger partial charge on any atom is 0.0110 e. The van der Waals surface area contributed by atoms with E-state index in [0.29, 0.717) is 0 Å². The van der Waals surface area contributed by atoms with Gasteiger partial charge in [-0.3, -0.25) is 0 Å². The highest BCUT2D eigenvalue weighted by Crippen LogP contribution is 1.98. The molecule has 16 heavy (non-hydrogen) atoms. The molecule has 0 aliphatic rings. The predicted octanol–water partition coefficient (Wildman–Crippen LogP) is 1.65. The smallest absolute Gasteiger partial charge is 0.0110 e. The molecule has 0 fully saturated rings. The third kappa shape index (κ3) is 10.4. The van der Waals surface area contributed by atoms with Crippen LogP contribution < -0.4 is 5.32 Å². The van der Waals surface area contributed by atoms with Crippen molar-refractivity contribution in [3.63, 3.8) is 0 Å². The second kappa shape index (κ2) is 8.04. The van der Waals surface area contributed by atoms with E-state index in [9.17, 15) is 0 Å². The Kier molecular flexibility index (Phi) is 7.98. The molecule has 1 N–H and O–H groups in total. The first-order chi connectivity index (χ1) is 7.35. The van der Waals surface area contributed by atoms with Gasteiger partial charge < -0.3 is 15.1 Å². The van der Waals surface area contributed by atoms with Gasteiger partial charge in [-0.1, -0.05) is 6.92 Å². The zero-order chi connectivity index (χ0) is 12.6. The van der Waals surface area contributed by atoms with E-state index < -0.39 is 0 Å². The van der Waals surface area contributed by atoms with Crippen molar-refractivity contribution in [3.05, 3.63) is 0 Å². The molecule has 0 saturated carbocycles. The minimum Gasteiger partial charge on any atom is -0.311 e. The Bertz CT molecular complexity index is 161. The van der Waals surface area contributed by atoms with Crippen molar-refractivity contribution in [2.45, 2.75) is 39.7 Å². The van der Waals surface area contributed by atoms with Gasteiger partial charge in [-0.25, -0.2) is 0 Å². The number of nitrogens with zero attached hydrogens (tertiary/aromatic N) is 2. The van der Waals surface area contributed by atoms with E-state index in [1.807, 2.05) is 0 Å². The molecular formula is C13H31N3. The molecular weight excluding hydrogens is 198 g/mol. The molecule has 0 atom stereocenters. The highest BCUT2D eigenvalue weighted by molar-refractivity contribution is 4.71. The molecule has 3 nitrogen and oxygen atoms in total. The average Bonchev–Trinajstić information content (AvgIpc) is 2.12. The van der Waals surface area contributed by atoms with Crippen LogP contribution in [0.4, 0.5) is 0 Å². The Labute approximate surface area is 102 Å². The summed E-state index contributed by atoms with van der Waals surface area (Å²) >= 11 is 0. The van der Waals surface area contributed by atoms with Crippen LogP contribution in [0.15, 0.2) is 0 Å². The Morgan fingerprint density at radius 1 is 0.938 bits per heavy atom. The van der Waals surface area contributed by atoms with Crippen molar-refractivity contribution < 1.29 is 0 Å². The molecule has 0 spiro atoms. The van der Waals surface area contributed by atoms with Crippen molar-refractivity contribution in [3.8, 4) is 0 Å². The van der Waals surface area contributed by atoms with Gasteiger partial charge in [0.1, 0.15) is 0 Å². The van der Waals surface area contributed by atoms with E-state index in [1.165, 1.54) is 19.5 Å². The quantitative estimate of drug-likeness (QED) is 0.683. The van der Waals surface area contributed by atoms with Gasteiger partial charge in [-0.05, 0) is 47.8 Å². The van der Waals surface area contributed by atoms with Crippen molar-refractivity contribution in [1.29, 1.82) is 0 Å². The fourth-order valence-electron chi connectivity index (χ4n) is 1.58. The van der Waals surface area contributed by atoms with Crippen molar-refractivity contribution in [1.82, 2.24) is 15.1 Å². The van der Waals surface area contributed by atoms with Crippen molar-refractivity contribution in [2.24, 2.45) is 0 Å². The van der Waals surface area contributed by atoms with Crippen LogP contribution in [-0.2, 0) is 0 Å². The van der Waals surface area contributed by atoms with Crippen LogP contribution in [0.2, 0.25) is 0 Å². The second-order valence-corrected chi connectivity index (χ2v) is 5.82. The fourth-order valence-corrected chi connectivity index (χ4v) is 1.58. The summed E-state index contributed by atoms with van der Waals surface area (Å²) in [7, 11) is 4.27. The van der Waals surface area contributed by atoms with E-state index >= 15 is 0 Å². The number of likely N-dealkylation sites (N-methyl/N-ethyl adjacent to an activating group) is 1. The van der Waals surface area contributed by atoms with Crippen molar-refractivity contribution >= 4 is 0 Å². The summed E-state index contributed by atoms with van der Waals surface area (Å²) in [5.41, 5.74) is 0.236. The Morgan fingerprint density at radius 2 is 1.56 bits per heavy atom. The first-order valence-corrected chi connectivity index (χ1v) is 6.47. The Hall–Kier alpha value is -0.120. The van der Waals surface area contributed by atoms with E-state index in [2.05, 4.69) is 56.9 Å². The van der Waals surface area contributed by atoms with Gasteiger partial charge in [-0.2, -0.15) is 0 Å². The first-order valence-electron chi connectivity index (χ1n) is 6.47. The summed E-state index contributed by atoms with van der Waals surface area (Å²) in [6, 6.07) is 0. The largest absolute Gasteiger partial charge is 0.311 e. The van der Waals surface area contributed by atoms with Crippen LogP contribution in [0.25, 0.3) is 0 Å². The normalized spacial score (nSPS) is 12.8. The fraction of sp³-hybridized carbons (Fsp3) is 1.00. The molecule has 3 heteroatoms. The average molecular weight is 229 g/mol. The molecule has 98 valence electrons. The molecule has 0 rings (SSSR count). The van der Waals surface area contributed by atoms with E-state index in [-0.39, 0.29) is 5.54 Å². The molecule has 0 aromatic heterocycles. The molecule has 0 saturated heterocycles. The lowest BCUT2D eigenvalue weighted by Crippen LogP contribution is -2.43. The van der Waals surface area contributed by atoms with Crippen LogP contribution in [-0.4, -0.2) is 62.2 Å². The molecule has 0 heterocycles. The second-order valence-electron chi connectivity index (χ2n) is 5.82.